The molecule has 0 bridgehead atoms. The number of halogens is 3. The van der Waals surface area contributed by atoms with Crippen molar-refractivity contribution in [2.75, 3.05) is 0 Å². The molecule has 0 amide bonds. The summed E-state index contributed by atoms with van der Waals surface area (Å²) in [6.07, 6.45) is 1.44. The molecule has 0 aliphatic heterocycles. The van der Waals surface area contributed by atoms with E-state index in [0.29, 0.717) is 15.1 Å². The van der Waals surface area contributed by atoms with Crippen molar-refractivity contribution in [1.29, 1.82) is 0 Å². The number of hydrogen-bond acceptors (Lipinski definition) is 0. The second-order valence-corrected chi connectivity index (χ2v) is 3.28. The molecule has 0 heterocycles. The van der Waals surface area contributed by atoms with Crippen molar-refractivity contribution in [2.45, 2.75) is 0 Å². The highest BCUT2D eigenvalue weighted by Gasteiger charge is 2.04. The quantitative estimate of drug-likeness (QED) is 0.693. The summed E-state index contributed by atoms with van der Waals surface area (Å²) in [4.78, 5) is 0. The van der Waals surface area contributed by atoms with Gasteiger partial charge in [-0.05, 0) is 12.1 Å². The van der Waals surface area contributed by atoms with Crippen molar-refractivity contribution in [3.05, 3.63) is 39.6 Å². The summed E-state index contributed by atoms with van der Waals surface area (Å²) in [6, 6.07) is 2.88. The second kappa shape index (κ2) is 3.37. The molecule has 0 aliphatic carbocycles. The van der Waals surface area contributed by atoms with E-state index in [9.17, 15) is 4.39 Å². The van der Waals surface area contributed by atoms with Gasteiger partial charge in [0, 0.05) is 15.1 Å². The van der Waals surface area contributed by atoms with Crippen LogP contribution >= 0.6 is 27.5 Å². The Morgan fingerprint density at radius 2 is 2.18 bits per heavy atom. The lowest BCUT2D eigenvalue weighted by molar-refractivity contribution is 0.624. The molecule has 0 N–H and O–H groups in total. The van der Waals surface area contributed by atoms with Crippen LogP contribution in [0.15, 0.2) is 23.2 Å². The Morgan fingerprint density at radius 1 is 1.55 bits per heavy atom. The van der Waals surface area contributed by atoms with Gasteiger partial charge in [0.1, 0.15) is 5.82 Å². The molecule has 1 rings (SSSR count). The topological polar surface area (TPSA) is 0 Å². The molecule has 0 saturated carbocycles. The standard InChI is InChI=1S/C8H5BrClF/c1-2-6-7(9)3-5(10)4-8(6)11/h2-4H,1H2. The predicted molar refractivity (Wildman–Crippen MR) is 49.2 cm³/mol. The summed E-state index contributed by atoms with van der Waals surface area (Å²) in [6.45, 7) is 3.47. The van der Waals surface area contributed by atoms with Gasteiger partial charge in [-0.25, -0.2) is 4.39 Å². The Labute approximate surface area is 77.8 Å². The summed E-state index contributed by atoms with van der Waals surface area (Å²) in [5, 5.41) is 0.375. The molecular formula is C8H5BrClF. The Kier molecular flexibility index (Phi) is 2.68. The van der Waals surface area contributed by atoms with Crippen molar-refractivity contribution in [1.82, 2.24) is 0 Å². The van der Waals surface area contributed by atoms with E-state index in [2.05, 4.69) is 22.5 Å². The summed E-state index contributed by atoms with van der Waals surface area (Å²) >= 11 is 8.74. The van der Waals surface area contributed by atoms with Crippen LogP contribution in [0.4, 0.5) is 4.39 Å². The van der Waals surface area contributed by atoms with Crippen LogP contribution in [0.1, 0.15) is 5.56 Å². The minimum atomic E-state index is -0.362. The molecule has 58 valence electrons. The van der Waals surface area contributed by atoms with Crippen LogP contribution in [-0.2, 0) is 0 Å². The van der Waals surface area contributed by atoms with Crippen LogP contribution in [0.3, 0.4) is 0 Å². The summed E-state index contributed by atoms with van der Waals surface area (Å²) < 4.78 is 13.5. The third kappa shape index (κ3) is 1.82. The summed E-state index contributed by atoms with van der Waals surface area (Å²) in [5.74, 6) is -0.362. The van der Waals surface area contributed by atoms with E-state index in [0.717, 1.165) is 0 Å². The van der Waals surface area contributed by atoms with Crippen molar-refractivity contribution in [2.24, 2.45) is 0 Å². The predicted octanol–water partition coefficient (Wildman–Crippen LogP) is 3.88. The first kappa shape index (κ1) is 8.75. The van der Waals surface area contributed by atoms with E-state index in [-0.39, 0.29) is 5.82 Å². The van der Waals surface area contributed by atoms with Gasteiger partial charge in [-0.15, -0.1) is 0 Å². The van der Waals surface area contributed by atoms with E-state index < -0.39 is 0 Å². The molecule has 0 nitrogen and oxygen atoms in total. The molecule has 1 aromatic carbocycles. The fourth-order valence-electron chi connectivity index (χ4n) is 0.748. The monoisotopic (exact) mass is 234 g/mol. The van der Waals surface area contributed by atoms with Gasteiger partial charge >= 0.3 is 0 Å². The maximum Gasteiger partial charge on any atom is 0.133 e. The van der Waals surface area contributed by atoms with Gasteiger partial charge in [-0.1, -0.05) is 40.2 Å². The average Bonchev–Trinajstić information content (AvgIpc) is 1.85. The molecule has 0 aliphatic rings. The first-order chi connectivity index (χ1) is 5.15. The minimum Gasteiger partial charge on any atom is -0.206 e. The van der Waals surface area contributed by atoms with E-state index in [1.54, 1.807) is 6.07 Å². The minimum absolute atomic E-state index is 0.362. The zero-order chi connectivity index (χ0) is 8.43. The molecule has 0 saturated heterocycles. The van der Waals surface area contributed by atoms with Gasteiger partial charge in [0.2, 0.25) is 0 Å². The van der Waals surface area contributed by atoms with Gasteiger partial charge in [0.05, 0.1) is 0 Å². The number of rotatable bonds is 1. The highest BCUT2D eigenvalue weighted by Crippen LogP contribution is 2.25. The van der Waals surface area contributed by atoms with E-state index in [1.165, 1.54) is 12.1 Å². The zero-order valence-corrected chi connectivity index (χ0v) is 7.91. The number of benzene rings is 1. The van der Waals surface area contributed by atoms with Gasteiger partial charge in [-0.3, -0.25) is 0 Å². The maximum absolute atomic E-state index is 12.9. The van der Waals surface area contributed by atoms with Crippen molar-refractivity contribution < 1.29 is 4.39 Å². The van der Waals surface area contributed by atoms with E-state index >= 15 is 0 Å². The van der Waals surface area contributed by atoms with Crippen LogP contribution in [0.25, 0.3) is 6.08 Å². The Balaban J connectivity index is 3.36. The lowest BCUT2D eigenvalue weighted by Crippen LogP contribution is -1.83. The van der Waals surface area contributed by atoms with Crippen LogP contribution < -0.4 is 0 Å². The first-order valence-electron chi connectivity index (χ1n) is 2.92. The zero-order valence-electron chi connectivity index (χ0n) is 5.57. The molecule has 3 heteroatoms. The molecule has 0 radical (unpaired) electrons. The molecule has 0 fully saturated rings. The average molecular weight is 235 g/mol. The molecule has 0 unspecified atom stereocenters. The van der Waals surface area contributed by atoms with Crippen molar-refractivity contribution in [3.8, 4) is 0 Å². The van der Waals surface area contributed by atoms with Gasteiger partial charge in [0.15, 0.2) is 0 Å². The van der Waals surface area contributed by atoms with Gasteiger partial charge < -0.3 is 0 Å². The largest absolute Gasteiger partial charge is 0.206 e. The molecule has 0 atom stereocenters. The molecule has 11 heavy (non-hydrogen) atoms. The normalized spacial score (nSPS) is 9.73. The fourth-order valence-corrected chi connectivity index (χ4v) is 1.68. The Bertz CT molecular complexity index is 273. The highest BCUT2D eigenvalue weighted by atomic mass is 79.9. The lowest BCUT2D eigenvalue weighted by Gasteiger charge is -2.00. The molecule has 1 aromatic rings. The Hall–Kier alpha value is -0.340. The third-order valence-corrected chi connectivity index (χ3v) is 2.12. The van der Waals surface area contributed by atoms with Crippen LogP contribution in [0, 0.1) is 5.82 Å². The van der Waals surface area contributed by atoms with Crippen molar-refractivity contribution >= 4 is 33.6 Å². The first-order valence-corrected chi connectivity index (χ1v) is 4.09. The molecule has 0 aromatic heterocycles. The fraction of sp³-hybridized carbons (Fsp3) is 0. The second-order valence-electron chi connectivity index (χ2n) is 1.99. The smallest absolute Gasteiger partial charge is 0.133 e. The molecular weight excluding hydrogens is 230 g/mol. The van der Waals surface area contributed by atoms with Crippen molar-refractivity contribution in [3.63, 3.8) is 0 Å². The summed E-state index contributed by atoms with van der Waals surface area (Å²) in [7, 11) is 0. The maximum atomic E-state index is 12.9. The highest BCUT2D eigenvalue weighted by molar-refractivity contribution is 9.10. The SMILES string of the molecule is C=Cc1c(F)cc(Cl)cc1Br. The number of hydrogen-bond donors (Lipinski definition) is 0. The molecule has 0 spiro atoms. The van der Waals surface area contributed by atoms with E-state index in [1.807, 2.05) is 0 Å². The third-order valence-electron chi connectivity index (χ3n) is 1.25. The Morgan fingerprint density at radius 3 is 2.64 bits per heavy atom. The van der Waals surface area contributed by atoms with Crippen LogP contribution in [0.2, 0.25) is 5.02 Å². The van der Waals surface area contributed by atoms with Gasteiger partial charge in [0.25, 0.3) is 0 Å². The summed E-state index contributed by atoms with van der Waals surface area (Å²) in [5.41, 5.74) is 0.439. The van der Waals surface area contributed by atoms with Crippen LogP contribution in [-0.4, -0.2) is 0 Å². The lowest BCUT2D eigenvalue weighted by atomic mass is 10.2. The van der Waals surface area contributed by atoms with Crippen LogP contribution in [0.5, 0.6) is 0 Å². The van der Waals surface area contributed by atoms with Gasteiger partial charge in [-0.2, -0.15) is 0 Å². The van der Waals surface area contributed by atoms with E-state index in [4.69, 9.17) is 11.6 Å².